The standard InChI is InChI=1S/C8H16N4O2/c13-7-5-9-1-3-11-8(14)6-10-2-4-12-7/h9-10H,1-6H2,(H,11,14)(H,12,13). The summed E-state index contributed by atoms with van der Waals surface area (Å²) >= 11 is 0. The monoisotopic (exact) mass is 200 g/mol. The minimum absolute atomic E-state index is 0.0151. The maximum absolute atomic E-state index is 11.1. The van der Waals surface area contributed by atoms with Crippen molar-refractivity contribution in [3.63, 3.8) is 0 Å². The van der Waals surface area contributed by atoms with Crippen LogP contribution < -0.4 is 21.3 Å². The van der Waals surface area contributed by atoms with E-state index in [0.717, 1.165) is 0 Å². The lowest BCUT2D eigenvalue weighted by atomic mass is 10.4. The van der Waals surface area contributed by atoms with Crippen LogP contribution in [0.15, 0.2) is 0 Å². The first-order chi connectivity index (χ1) is 6.79. The fourth-order valence-electron chi connectivity index (χ4n) is 1.11. The van der Waals surface area contributed by atoms with Crippen LogP contribution in [0.5, 0.6) is 0 Å². The van der Waals surface area contributed by atoms with Gasteiger partial charge in [-0.25, -0.2) is 0 Å². The molecule has 0 saturated carbocycles. The second kappa shape index (κ2) is 6.33. The van der Waals surface area contributed by atoms with E-state index in [-0.39, 0.29) is 11.8 Å². The summed E-state index contributed by atoms with van der Waals surface area (Å²) in [6.07, 6.45) is 0. The number of amides is 2. The number of hydrogen-bond acceptors (Lipinski definition) is 4. The molecule has 0 spiro atoms. The van der Waals surface area contributed by atoms with Crippen LogP contribution in [-0.2, 0) is 9.59 Å². The third kappa shape index (κ3) is 4.78. The van der Waals surface area contributed by atoms with Crippen LogP contribution in [-0.4, -0.2) is 51.1 Å². The molecule has 0 aliphatic carbocycles. The molecule has 0 unspecified atom stereocenters. The van der Waals surface area contributed by atoms with Crippen molar-refractivity contribution in [2.75, 3.05) is 39.3 Å². The Morgan fingerprint density at radius 3 is 1.57 bits per heavy atom. The smallest absolute Gasteiger partial charge is 0.234 e. The first-order valence-corrected chi connectivity index (χ1v) is 4.74. The van der Waals surface area contributed by atoms with Gasteiger partial charge in [-0.15, -0.1) is 0 Å². The second-order valence-electron chi connectivity index (χ2n) is 3.05. The first-order valence-electron chi connectivity index (χ1n) is 4.74. The van der Waals surface area contributed by atoms with Crippen LogP contribution in [0.3, 0.4) is 0 Å². The summed E-state index contributed by atoms with van der Waals surface area (Å²) in [4.78, 5) is 22.1. The van der Waals surface area contributed by atoms with Crippen LogP contribution in [0.2, 0.25) is 0 Å². The van der Waals surface area contributed by atoms with E-state index in [0.29, 0.717) is 39.3 Å². The summed E-state index contributed by atoms with van der Waals surface area (Å²) in [7, 11) is 0. The van der Waals surface area contributed by atoms with Crippen molar-refractivity contribution in [1.29, 1.82) is 0 Å². The zero-order valence-electron chi connectivity index (χ0n) is 8.06. The van der Waals surface area contributed by atoms with Crippen molar-refractivity contribution in [2.45, 2.75) is 0 Å². The molecule has 0 radical (unpaired) electrons. The molecule has 0 aromatic carbocycles. The molecular formula is C8H16N4O2. The van der Waals surface area contributed by atoms with Gasteiger partial charge in [-0.3, -0.25) is 9.59 Å². The van der Waals surface area contributed by atoms with E-state index in [1.165, 1.54) is 0 Å². The maximum atomic E-state index is 11.1. The number of nitrogens with one attached hydrogen (secondary N) is 4. The molecule has 1 aliphatic heterocycles. The highest BCUT2D eigenvalue weighted by Gasteiger charge is 2.03. The Bertz CT molecular complexity index is 170. The van der Waals surface area contributed by atoms with Crippen molar-refractivity contribution < 1.29 is 9.59 Å². The van der Waals surface area contributed by atoms with Gasteiger partial charge >= 0.3 is 0 Å². The molecule has 1 saturated heterocycles. The summed E-state index contributed by atoms with van der Waals surface area (Å²) in [6.45, 7) is 2.92. The van der Waals surface area contributed by atoms with Crippen molar-refractivity contribution in [3.8, 4) is 0 Å². The Labute approximate surface area is 82.8 Å². The van der Waals surface area contributed by atoms with Crippen molar-refractivity contribution >= 4 is 11.8 Å². The lowest BCUT2D eigenvalue weighted by Gasteiger charge is -2.11. The highest BCUT2D eigenvalue weighted by molar-refractivity contribution is 5.78. The predicted octanol–water partition coefficient (Wildman–Crippen LogP) is -2.59. The summed E-state index contributed by atoms with van der Waals surface area (Å²) in [5, 5.41) is 11.3. The van der Waals surface area contributed by atoms with Gasteiger partial charge in [0.25, 0.3) is 0 Å². The maximum Gasteiger partial charge on any atom is 0.234 e. The molecule has 0 bridgehead atoms. The highest BCUT2D eigenvalue weighted by Crippen LogP contribution is 1.70. The summed E-state index contributed by atoms with van der Waals surface area (Å²) < 4.78 is 0. The van der Waals surface area contributed by atoms with Crippen molar-refractivity contribution in [2.24, 2.45) is 0 Å². The van der Waals surface area contributed by atoms with Gasteiger partial charge in [-0.05, 0) is 0 Å². The number of hydrogen-bond donors (Lipinski definition) is 4. The average Bonchev–Trinajstić information content (AvgIpc) is 2.14. The lowest BCUT2D eigenvalue weighted by molar-refractivity contribution is -0.120. The third-order valence-corrected chi connectivity index (χ3v) is 1.82. The average molecular weight is 200 g/mol. The molecule has 1 fully saturated rings. The predicted molar refractivity (Wildman–Crippen MR) is 51.8 cm³/mol. The van der Waals surface area contributed by atoms with E-state index < -0.39 is 0 Å². The molecule has 0 aromatic rings. The molecule has 14 heavy (non-hydrogen) atoms. The largest absolute Gasteiger partial charge is 0.354 e. The zero-order valence-corrected chi connectivity index (χ0v) is 8.06. The SMILES string of the molecule is O=C1CNCCNC(=O)CNCCN1. The van der Waals surface area contributed by atoms with E-state index in [9.17, 15) is 9.59 Å². The van der Waals surface area contributed by atoms with Crippen molar-refractivity contribution in [1.82, 2.24) is 21.3 Å². The van der Waals surface area contributed by atoms with Crippen LogP contribution in [0.25, 0.3) is 0 Å². The molecule has 1 aliphatic rings. The van der Waals surface area contributed by atoms with Gasteiger partial charge < -0.3 is 21.3 Å². The molecule has 6 nitrogen and oxygen atoms in total. The number of carbonyl (C=O) groups is 2. The van der Waals surface area contributed by atoms with Gasteiger partial charge in [0.15, 0.2) is 0 Å². The summed E-state index contributed by atoms with van der Waals surface area (Å²) in [5.41, 5.74) is 0. The van der Waals surface area contributed by atoms with Crippen molar-refractivity contribution in [3.05, 3.63) is 0 Å². The number of carbonyl (C=O) groups excluding carboxylic acids is 2. The van der Waals surface area contributed by atoms with E-state index >= 15 is 0 Å². The molecular weight excluding hydrogens is 184 g/mol. The van der Waals surface area contributed by atoms with Crippen LogP contribution in [0.1, 0.15) is 0 Å². The Hall–Kier alpha value is -1.14. The Morgan fingerprint density at radius 2 is 1.14 bits per heavy atom. The van der Waals surface area contributed by atoms with Gasteiger partial charge in [0.2, 0.25) is 11.8 Å². The first kappa shape index (κ1) is 10.9. The van der Waals surface area contributed by atoms with E-state index in [1.54, 1.807) is 0 Å². The normalized spacial score (nSPS) is 21.4. The molecule has 80 valence electrons. The highest BCUT2D eigenvalue weighted by atomic mass is 16.2. The van der Waals surface area contributed by atoms with Crippen LogP contribution >= 0.6 is 0 Å². The van der Waals surface area contributed by atoms with Crippen LogP contribution in [0.4, 0.5) is 0 Å². The topological polar surface area (TPSA) is 82.3 Å². The van der Waals surface area contributed by atoms with Gasteiger partial charge in [-0.2, -0.15) is 0 Å². The fraction of sp³-hybridized carbons (Fsp3) is 0.750. The molecule has 1 heterocycles. The molecule has 6 heteroatoms. The Kier molecular flexibility index (Phi) is 4.95. The zero-order chi connectivity index (χ0) is 10.2. The van der Waals surface area contributed by atoms with Crippen LogP contribution in [0, 0.1) is 0 Å². The molecule has 0 atom stereocenters. The Morgan fingerprint density at radius 1 is 0.714 bits per heavy atom. The summed E-state index contributed by atoms with van der Waals surface area (Å²) in [6, 6.07) is 0. The van der Waals surface area contributed by atoms with Gasteiger partial charge in [0.1, 0.15) is 0 Å². The quantitative estimate of drug-likeness (QED) is 0.346. The molecule has 0 aromatic heterocycles. The molecule has 4 N–H and O–H groups in total. The van der Waals surface area contributed by atoms with Gasteiger partial charge in [-0.1, -0.05) is 0 Å². The fourth-order valence-corrected chi connectivity index (χ4v) is 1.11. The van der Waals surface area contributed by atoms with Gasteiger partial charge in [0, 0.05) is 26.2 Å². The van der Waals surface area contributed by atoms with E-state index in [2.05, 4.69) is 21.3 Å². The van der Waals surface area contributed by atoms with E-state index in [4.69, 9.17) is 0 Å². The van der Waals surface area contributed by atoms with E-state index in [1.807, 2.05) is 0 Å². The Balaban J connectivity index is 2.26. The number of rotatable bonds is 0. The molecule has 1 rings (SSSR count). The summed E-state index contributed by atoms with van der Waals surface area (Å²) in [5.74, 6) is -0.0302. The minimum atomic E-state index is -0.0151. The lowest BCUT2D eigenvalue weighted by Crippen LogP contribution is -2.44. The second-order valence-corrected chi connectivity index (χ2v) is 3.05. The third-order valence-electron chi connectivity index (χ3n) is 1.82. The molecule has 2 amide bonds. The minimum Gasteiger partial charge on any atom is -0.354 e. The van der Waals surface area contributed by atoms with Gasteiger partial charge in [0.05, 0.1) is 13.1 Å².